The van der Waals surface area contributed by atoms with Crippen molar-refractivity contribution < 1.29 is 19.4 Å². The number of β-amino-alcohol motifs (C(OH)–C–C–N with tert-alkyl or cyclic N) is 1. The summed E-state index contributed by atoms with van der Waals surface area (Å²) in [5.41, 5.74) is -0.196. The quantitative estimate of drug-likeness (QED) is 0.899. The number of carbonyl (C=O) groups excluding carboxylic acids is 1. The van der Waals surface area contributed by atoms with Gasteiger partial charge >= 0.3 is 0 Å². The monoisotopic (exact) mass is 332 g/mol. The van der Waals surface area contributed by atoms with Crippen LogP contribution < -0.4 is 9.47 Å². The standard InChI is InChI=1S/C18H24N2O4/c21-17(14-3-4-15-16(11-14)24-10-9-23-15)20-8-5-18(22,13-20)12-19-6-1-2-7-19/h3-4,11,22H,1-2,5-10,12-13H2. The van der Waals surface area contributed by atoms with Gasteiger partial charge in [-0.15, -0.1) is 0 Å². The van der Waals surface area contributed by atoms with Gasteiger partial charge in [-0.05, 0) is 50.6 Å². The van der Waals surface area contributed by atoms with Gasteiger partial charge in [-0.1, -0.05) is 0 Å². The number of likely N-dealkylation sites (tertiary alicyclic amines) is 2. The molecule has 0 aliphatic carbocycles. The number of hydrogen-bond donors (Lipinski definition) is 1. The molecule has 1 unspecified atom stereocenters. The average Bonchev–Trinajstić information content (AvgIpc) is 3.24. The maximum Gasteiger partial charge on any atom is 0.254 e. The zero-order chi connectivity index (χ0) is 16.6. The lowest BCUT2D eigenvalue weighted by molar-refractivity contribution is 0.0175. The van der Waals surface area contributed by atoms with Crippen molar-refractivity contribution >= 4 is 5.91 Å². The SMILES string of the molecule is O=C(c1ccc2c(c1)OCCO2)N1CCC(O)(CN2CCCC2)C1. The van der Waals surface area contributed by atoms with E-state index in [1.165, 1.54) is 12.8 Å². The van der Waals surface area contributed by atoms with Crippen LogP contribution in [-0.4, -0.2) is 72.4 Å². The van der Waals surface area contributed by atoms with Gasteiger partial charge < -0.3 is 24.4 Å². The van der Waals surface area contributed by atoms with E-state index in [4.69, 9.17) is 9.47 Å². The van der Waals surface area contributed by atoms with Crippen molar-refractivity contribution in [3.05, 3.63) is 23.8 Å². The number of aliphatic hydroxyl groups is 1. The Kier molecular flexibility index (Phi) is 4.10. The fourth-order valence-electron chi connectivity index (χ4n) is 3.87. The Balaban J connectivity index is 1.43. The lowest BCUT2D eigenvalue weighted by Crippen LogP contribution is -2.45. The first-order valence-corrected chi connectivity index (χ1v) is 8.77. The summed E-state index contributed by atoms with van der Waals surface area (Å²) in [6.45, 7) is 4.81. The summed E-state index contributed by atoms with van der Waals surface area (Å²) in [4.78, 5) is 16.8. The Morgan fingerprint density at radius 1 is 1.12 bits per heavy atom. The van der Waals surface area contributed by atoms with E-state index in [2.05, 4.69) is 4.90 Å². The molecule has 1 N–H and O–H groups in total. The highest BCUT2D eigenvalue weighted by molar-refractivity contribution is 5.95. The highest BCUT2D eigenvalue weighted by Gasteiger charge is 2.40. The minimum atomic E-state index is -0.784. The Morgan fingerprint density at radius 3 is 2.67 bits per heavy atom. The molecular formula is C18H24N2O4. The molecule has 0 aromatic heterocycles. The molecule has 4 rings (SSSR count). The summed E-state index contributed by atoms with van der Waals surface area (Å²) in [6, 6.07) is 5.30. The third-order valence-electron chi connectivity index (χ3n) is 5.13. The lowest BCUT2D eigenvalue weighted by Gasteiger charge is -2.28. The maximum atomic E-state index is 12.8. The zero-order valence-electron chi connectivity index (χ0n) is 13.9. The fourth-order valence-corrected chi connectivity index (χ4v) is 3.87. The van der Waals surface area contributed by atoms with Crippen molar-refractivity contribution in [2.24, 2.45) is 0 Å². The smallest absolute Gasteiger partial charge is 0.254 e. The first kappa shape index (κ1) is 15.7. The summed E-state index contributed by atoms with van der Waals surface area (Å²) >= 11 is 0. The van der Waals surface area contributed by atoms with E-state index in [-0.39, 0.29) is 5.91 Å². The molecule has 1 amide bonds. The number of amides is 1. The number of benzene rings is 1. The molecule has 6 heteroatoms. The second-order valence-electron chi connectivity index (χ2n) is 7.04. The number of ether oxygens (including phenoxy) is 2. The van der Waals surface area contributed by atoms with Gasteiger partial charge in [-0.25, -0.2) is 0 Å². The van der Waals surface area contributed by atoms with Crippen LogP contribution in [0.1, 0.15) is 29.6 Å². The molecular weight excluding hydrogens is 308 g/mol. The molecule has 1 aromatic rings. The molecule has 3 aliphatic heterocycles. The molecule has 2 fully saturated rings. The molecule has 3 aliphatic rings. The maximum absolute atomic E-state index is 12.8. The second kappa shape index (κ2) is 6.26. The minimum absolute atomic E-state index is 0.0516. The largest absolute Gasteiger partial charge is 0.486 e. The normalized spacial score (nSPS) is 26.8. The molecule has 1 atom stereocenters. The zero-order valence-corrected chi connectivity index (χ0v) is 13.9. The van der Waals surface area contributed by atoms with Crippen molar-refractivity contribution in [3.8, 4) is 11.5 Å². The van der Waals surface area contributed by atoms with E-state index < -0.39 is 5.60 Å². The summed E-state index contributed by atoms with van der Waals surface area (Å²) in [7, 11) is 0. The van der Waals surface area contributed by atoms with Gasteiger partial charge in [0.25, 0.3) is 5.91 Å². The van der Waals surface area contributed by atoms with Gasteiger partial charge in [-0.3, -0.25) is 4.79 Å². The summed E-state index contributed by atoms with van der Waals surface area (Å²) in [5, 5.41) is 10.8. The first-order chi connectivity index (χ1) is 11.6. The van der Waals surface area contributed by atoms with E-state index >= 15 is 0 Å². The topological polar surface area (TPSA) is 62.2 Å². The molecule has 0 bridgehead atoms. The summed E-state index contributed by atoms with van der Waals surface area (Å²) in [6.07, 6.45) is 3.05. The average molecular weight is 332 g/mol. The lowest BCUT2D eigenvalue weighted by atomic mass is 10.0. The van der Waals surface area contributed by atoms with Crippen LogP contribution in [0.2, 0.25) is 0 Å². The number of hydrogen-bond acceptors (Lipinski definition) is 5. The third kappa shape index (κ3) is 3.08. The van der Waals surface area contributed by atoms with Gasteiger partial charge in [0.05, 0.1) is 12.1 Å². The molecule has 0 spiro atoms. The number of nitrogens with zero attached hydrogens (tertiary/aromatic N) is 2. The Hall–Kier alpha value is -1.79. The van der Waals surface area contributed by atoms with Crippen LogP contribution in [0.3, 0.4) is 0 Å². The molecule has 0 radical (unpaired) electrons. The minimum Gasteiger partial charge on any atom is -0.486 e. The second-order valence-corrected chi connectivity index (χ2v) is 7.04. The van der Waals surface area contributed by atoms with Crippen LogP contribution in [0.5, 0.6) is 11.5 Å². The van der Waals surface area contributed by atoms with Crippen molar-refractivity contribution in [1.82, 2.24) is 9.80 Å². The number of carbonyl (C=O) groups is 1. The molecule has 3 heterocycles. The predicted octanol–water partition coefficient (Wildman–Crippen LogP) is 1.13. The Morgan fingerprint density at radius 2 is 1.88 bits per heavy atom. The van der Waals surface area contributed by atoms with E-state index in [1.54, 1.807) is 23.1 Å². The van der Waals surface area contributed by atoms with Crippen LogP contribution in [0, 0.1) is 0 Å². The van der Waals surface area contributed by atoms with Crippen LogP contribution in [0.15, 0.2) is 18.2 Å². The van der Waals surface area contributed by atoms with Crippen molar-refractivity contribution in [2.45, 2.75) is 24.9 Å². The van der Waals surface area contributed by atoms with E-state index in [0.717, 1.165) is 13.1 Å². The van der Waals surface area contributed by atoms with E-state index in [9.17, 15) is 9.90 Å². The molecule has 1 aromatic carbocycles. The highest BCUT2D eigenvalue weighted by atomic mass is 16.6. The Bertz CT molecular complexity index is 629. The van der Waals surface area contributed by atoms with Crippen molar-refractivity contribution in [1.29, 1.82) is 0 Å². The molecule has 0 saturated carbocycles. The van der Waals surface area contributed by atoms with Crippen LogP contribution in [0.25, 0.3) is 0 Å². The molecule has 24 heavy (non-hydrogen) atoms. The van der Waals surface area contributed by atoms with E-state index in [0.29, 0.717) is 56.3 Å². The van der Waals surface area contributed by atoms with Gasteiger partial charge in [-0.2, -0.15) is 0 Å². The summed E-state index contributed by atoms with van der Waals surface area (Å²) in [5.74, 6) is 1.26. The van der Waals surface area contributed by atoms with Crippen molar-refractivity contribution in [2.75, 3.05) is 45.9 Å². The van der Waals surface area contributed by atoms with Crippen LogP contribution in [-0.2, 0) is 0 Å². The summed E-state index contributed by atoms with van der Waals surface area (Å²) < 4.78 is 11.1. The van der Waals surface area contributed by atoms with Crippen LogP contribution in [0.4, 0.5) is 0 Å². The van der Waals surface area contributed by atoms with Gasteiger partial charge in [0.1, 0.15) is 13.2 Å². The van der Waals surface area contributed by atoms with Crippen molar-refractivity contribution in [3.63, 3.8) is 0 Å². The van der Waals surface area contributed by atoms with Gasteiger partial charge in [0.2, 0.25) is 0 Å². The van der Waals surface area contributed by atoms with Gasteiger partial charge in [0.15, 0.2) is 11.5 Å². The molecule has 130 valence electrons. The fraction of sp³-hybridized carbons (Fsp3) is 0.611. The predicted molar refractivity (Wildman–Crippen MR) is 88.6 cm³/mol. The number of fused-ring (bicyclic) bond motifs is 1. The first-order valence-electron chi connectivity index (χ1n) is 8.77. The Labute approximate surface area is 141 Å². The molecule has 6 nitrogen and oxygen atoms in total. The highest BCUT2D eigenvalue weighted by Crippen LogP contribution is 2.32. The number of rotatable bonds is 3. The third-order valence-corrected chi connectivity index (χ3v) is 5.13. The van der Waals surface area contributed by atoms with Gasteiger partial charge in [0, 0.05) is 18.7 Å². The molecule has 2 saturated heterocycles. The van der Waals surface area contributed by atoms with E-state index in [1.807, 2.05) is 0 Å². The van der Waals surface area contributed by atoms with Crippen LogP contribution >= 0.6 is 0 Å².